The Morgan fingerprint density at radius 2 is 0.789 bits per heavy atom. The predicted molar refractivity (Wildman–Crippen MR) is 143 cm³/mol. The van der Waals surface area contributed by atoms with E-state index in [1.54, 1.807) is 0 Å². The minimum atomic E-state index is -1.26. The second-order valence-corrected chi connectivity index (χ2v) is 8.81. The largest absolute Gasteiger partial charge is 0 e. The van der Waals surface area contributed by atoms with E-state index < -0.39 is 7.12 Å². The Labute approximate surface area is 242 Å². The van der Waals surface area contributed by atoms with Crippen LogP contribution in [0.2, 0.25) is 0 Å². The minimum Gasteiger partial charge on any atom is 0 e. The topological polar surface area (TPSA) is 113 Å². The van der Waals surface area contributed by atoms with Gasteiger partial charge >= 0.3 is 41.0 Å². The fourth-order valence-corrected chi connectivity index (χ4v) is 4.61. The van der Waals surface area contributed by atoms with Crippen LogP contribution in [0, 0.1) is 61.5 Å². The van der Waals surface area contributed by atoms with Crippen molar-refractivity contribution in [2.24, 2.45) is 0 Å². The van der Waals surface area contributed by atoms with E-state index in [9.17, 15) is 0 Å². The van der Waals surface area contributed by atoms with Gasteiger partial charge in [0.15, 0.2) is 0 Å². The van der Waals surface area contributed by atoms with Gasteiger partial charge in [-0.2, -0.15) is 0 Å². The van der Waals surface area contributed by atoms with Gasteiger partial charge in [0.1, 0.15) is 0 Å². The summed E-state index contributed by atoms with van der Waals surface area (Å²) in [6.45, 7) is 40.0. The summed E-state index contributed by atoms with van der Waals surface area (Å²) in [6.07, 6.45) is 0. The number of aryl methyl sites for hydroxylation is 6. The number of hydrogen-bond donors (Lipinski definition) is 0. The van der Waals surface area contributed by atoms with Crippen molar-refractivity contribution in [2.75, 3.05) is 26.2 Å². The van der Waals surface area contributed by atoms with E-state index in [4.69, 9.17) is 29.3 Å². The smallest absolute Gasteiger partial charge is 0 e. The molecule has 10 nitrogen and oxygen atoms in total. The van der Waals surface area contributed by atoms with Gasteiger partial charge in [0, 0.05) is 21.1 Å². The maximum absolute atomic E-state index is 7.50. The molecule has 3 aromatic heterocycles. The quantitative estimate of drug-likeness (QED) is 0.177. The normalized spacial score (nSPS) is 9.71. The van der Waals surface area contributed by atoms with Gasteiger partial charge in [0.25, 0.3) is 0 Å². The first-order valence-electron chi connectivity index (χ1n) is 12.3. The molecule has 0 radical (unpaired) electrons. The van der Waals surface area contributed by atoms with Crippen LogP contribution in [0.3, 0.4) is 0 Å². The van der Waals surface area contributed by atoms with E-state index in [1.165, 1.54) is 30.7 Å². The maximum atomic E-state index is 7.50. The fraction of sp³-hybridized carbons (Fsp3) is 0.538. The molecule has 38 heavy (non-hydrogen) atoms. The third kappa shape index (κ3) is 10.7. The predicted octanol–water partition coefficient (Wildman–Crippen LogP) is 3.56. The third-order valence-electron chi connectivity index (χ3n) is 6.80. The Morgan fingerprint density at radius 1 is 0.579 bits per heavy atom. The summed E-state index contributed by atoms with van der Waals surface area (Å²) in [4.78, 5) is 0. The first kappa shape index (κ1) is 40.1. The zero-order valence-electron chi connectivity index (χ0n) is 24.5. The molecule has 0 aliphatic rings. The average Bonchev–Trinajstić information content (AvgIpc) is 3.55. The molecule has 3 aromatic rings. The van der Waals surface area contributed by atoms with Crippen molar-refractivity contribution in [1.29, 1.82) is 0 Å². The Hall–Kier alpha value is -2.44. The summed E-state index contributed by atoms with van der Waals surface area (Å²) in [7, 11) is -1.26. The molecule has 0 atom stereocenters. The maximum Gasteiger partial charge on any atom is 0 e. The van der Waals surface area contributed by atoms with Crippen molar-refractivity contribution in [3.8, 4) is 0 Å². The van der Waals surface area contributed by atoms with E-state index in [2.05, 4.69) is 100 Å². The number of hydrogen-bond acceptors (Lipinski definition) is 3. The van der Waals surface area contributed by atoms with Crippen molar-refractivity contribution >= 4 is 7.12 Å². The molecule has 0 aliphatic heterocycles. The Bertz CT molecular complexity index is 986. The van der Waals surface area contributed by atoms with E-state index >= 15 is 0 Å². The van der Waals surface area contributed by atoms with Gasteiger partial charge in [-0.3, -0.25) is 0 Å². The summed E-state index contributed by atoms with van der Waals surface area (Å²) < 4.78 is 30.0. The SMILES string of the molecule is CC[N+](CC)(CC)CC.Cc1cc(C)n([BH-](n2nc(C)cc2C)n2nc(C)cc2C)n1.[C-]#[O+].[C-]#[O+].[C-]#[O+].[Mo]. The van der Waals surface area contributed by atoms with Crippen molar-refractivity contribution in [3.05, 3.63) is 72.3 Å². The average molecular weight is 607 g/mol. The Balaban J connectivity index is -0.000000651. The van der Waals surface area contributed by atoms with Gasteiger partial charge in [0.05, 0.1) is 43.3 Å². The molecule has 3 rings (SSSR count). The molecule has 3 heterocycles. The van der Waals surface area contributed by atoms with Crippen LogP contribution in [0.1, 0.15) is 61.9 Å². The Kier molecular flexibility index (Phi) is 21.6. The molecule has 0 bridgehead atoms. The van der Waals surface area contributed by atoms with Crippen molar-refractivity contribution < 1.29 is 39.5 Å². The summed E-state index contributed by atoms with van der Waals surface area (Å²) >= 11 is 0. The molecule has 0 spiro atoms. The Morgan fingerprint density at radius 3 is 0.895 bits per heavy atom. The molecule has 12 heteroatoms. The fourth-order valence-electron chi connectivity index (χ4n) is 4.61. The van der Waals surface area contributed by atoms with E-state index in [-0.39, 0.29) is 21.1 Å². The molecule has 0 aromatic carbocycles. The molecule has 0 amide bonds. The summed E-state index contributed by atoms with van der Waals surface area (Å²) in [5, 5.41) is 14.1. The van der Waals surface area contributed by atoms with Crippen LogP contribution in [-0.4, -0.2) is 66.9 Å². The monoisotopic (exact) mass is 609 g/mol. The zero-order valence-corrected chi connectivity index (χ0v) is 26.5. The van der Waals surface area contributed by atoms with Crippen LogP contribution in [0.5, 0.6) is 0 Å². The van der Waals surface area contributed by atoms with Crippen LogP contribution >= 0.6 is 0 Å². The first-order chi connectivity index (χ1) is 17.6. The molecule has 0 N–H and O–H groups in total. The summed E-state index contributed by atoms with van der Waals surface area (Å²) in [6, 6.07) is 6.28. The second-order valence-electron chi connectivity index (χ2n) is 8.81. The van der Waals surface area contributed by atoms with Crippen molar-refractivity contribution in [3.63, 3.8) is 0 Å². The first-order valence-corrected chi connectivity index (χ1v) is 12.3. The molecular weight excluding hydrogens is 565 g/mol. The zero-order chi connectivity index (χ0) is 29.3. The molecule has 0 aliphatic carbocycles. The molecule has 0 fully saturated rings. The van der Waals surface area contributed by atoms with Crippen molar-refractivity contribution in [1.82, 2.24) is 29.1 Å². The van der Waals surface area contributed by atoms with E-state index in [1.807, 2.05) is 20.8 Å². The van der Waals surface area contributed by atoms with E-state index in [0.717, 1.165) is 34.2 Å². The van der Waals surface area contributed by atoms with Gasteiger partial charge in [0.2, 0.25) is 0 Å². The molecule has 208 valence electrons. The number of rotatable bonds is 7. The van der Waals surface area contributed by atoms with Gasteiger partial charge in [-0.1, -0.05) is 0 Å². The molecule has 0 saturated carbocycles. The van der Waals surface area contributed by atoms with Gasteiger partial charge < -0.3 is 18.3 Å². The summed E-state index contributed by atoms with van der Waals surface area (Å²) in [5.41, 5.74) is 6.40. The van der Waals surface area contributed by atoms with Crippen LogP contribution in [0.25, 0.3) is 0 Å². The summed E-state index contributed by atoms with van der Waals surface area (Å²) in [5.74, 6) is 0. The number of nitrogens with zero attached hydrogens (tertiary/aromatic N) is 7. The third-order valence-corrected chi connectivity index (χ3v) is 6.80. The van der Waals surface area contributed by atoms with Gasteiger partial charge in [-0.25, -0.2) is 15.3 Å². The van der Waals surface area contributed by atoms with Gasteiger partial charge in [-0.05, 0) is 105 Å². The van der Waals surface area contributed by atoms with Crippen molar-refractivity contribution in [2.45, 2.75) is 69.2 Å². The molecular formula is C26H42BMoN7O3. The second kappa shape index (κ2) is 20.5. The molecule has 0 unspecified atom stereocenters. The van der Waals surface area contributed by atoms with Crippen LogP contribution in [-0.2, 0) is 35.0 Å². The number of aromatic nitrogens is 6. The van der Waals surface area contributed by atoms with Crippen LogP contribution in [0.15, 0.2) is 18.2 Å². The minimum absolute atomic E-state index is 0. The van der Waals surface area contributed by atoms with Gasteiger partial charge in [-0.15, -0.1) is 0 Å². The van der Waals surface area contributed by atoms with E-state index in [0.29, 0.717) is 0 Å². The standard InChI is InChI=1S/C15H22BN6.C8H20N.3CO.Mo/c1-10-7-13(4)20(17-10)16(21-14(5)8-11(2)18-21)22-15(6)9-12(3)19-22;1-5-9(6-2,7-3)8-4;3*1-2;/h7-9,16H,1-6H3;5-8H2,1-4H3;;;;/q-1;+1;;;;. The molecule has 0 saturated heterocycles. The van der Waals surface area contributed by atoms with Crippen LogP contribution in [0.4, 0.5) is 0 Å². The van der Waals surface area contributed by atoms with Crippen LogP contribution < -0.4 is 0 Å². The number of quaternary nitrogens is 1.